The Balaban J connectivity index is 0.000000847. The van der Waals surface area contributed by atoms with Crippen LogP contribution in [0.3, 0.4) is 0 Å². The third-order valence-electron chi connectivity index (χ3n) is 4.00. The molecule has 2 aromatic carbocycles. The van der Waals surface area contributed by atoms with Gasteiger partial charge in [0, 0.05) is 5.57 Å². The van der Waals surface area contributed by atoms with Crippen molar-refractivity contribution < 1.29 is 9.90 Å². The second-order valence-electron chi connectivity index (χ2n) is 5.11. The minimum atomic E-state index is -0.793. The Kier molecular flexibility index (Phi) is 5.16. The van der Waals surface area contributed by atoms with Gasteiger partial charge in [-0.05, 0) is 47.6 Å². The minimum absolute atomic E-state index is 0.544. The molecule has 0 amide bonds. The Morgan fingerprint density at radius 1 is 0.909 bits per heavy atom. The lowest BCUT2D eigenvalue weighted by molar-refractivity contribution is -0.132. The van der Waals surface area contributed by atoms with Gasteiger partial charge in [0.2, 0.25) is 0 Å². The van der Waals surface area contributed by atoms with Crippen molar-refractivity contribution >= 4 is 11.5 Å². The summed E-state index contributed by atoms with van der Waals surface area (Å²) >= 11 is 0. The lowest BCUT2D eigenvalue weighted by Crippen LogP contribution is -2.11. The molecule has 1 aliphatic carbocycles. The van der Waals surface area contributed by atoms with Crippen LogP contribution in [0.25, 0.3) is 16.7 Å². The van der Waals surface area contributed by atoms with E-state index < -0.39 is 5.97 Å². The molecule has 0 heterocycles. The summed E-state index contributed by atoms with van der Waals surface area (Å²) < 4.78 is 0. The maximum absolute atomic E-state index is 11.3. The fraction of sp³-hybridized carbons (Fsp3) is 0.250. The summed E-state index contributed by atoms with van der Waals surface area (Å²) in [6.07, 6.45) is 1.40. The number of hydrogen-bond donors (Lipinski definition) is 1. The molecule has 0 aliphatic heterocycles. The van der Waals surface area contributed by atoms with Gasteiger partial charge in [0.25, 0.3) is 0 Å². The van der Waals surface area contributed by atoms with Crippen molar-refractivity contribution in [1.82, 2.24) is 0 Å². The zero-order chi connectivity index (χ0) is 16.1. The highest BCUT2D eigenvalue weighted by Crippen LogP contribution is 2.36. The predicted molar refractivity (Wildman–Crippen MR) is 91.8 cm³/mol. The number of benzene rings is 2. The number of allylic oxidation sites excluding steroid dienone is 1. The predicted octanol–water partition coefficient (Wildman–Crippen LogP) is 5.18. The smallest absolute Gasteiger partial charge is 0.331 e. The van der Waals surface area contributed by atoms with Crippen LogP contribution in [-0.2, 0) is 11.2 Å². The van der Waals surface area contributed by atoms with E-state index in [1.54, 1.807) is 0 Å². The van der Waals surface area contributed by atoms with Crippen molar-refractivity contribution in [2.24, 2.45) is 0 Å². The number of hydrogen-bond acceptors (Lipinski definition) is 1. The lowest BCUT2D eigenvalue weighted by atomic mass is 9.82. The van der Waals surface area contributed by atoms with Crippen LogP contribution >= 0.6 is 0 Å². The molecule has 0 saturated carbocycles. The molecule has 0 unspecified atom stereocenters. The molecule has 1 aliphatic rings. The molecule has 114 valence electrons. The van der Waals surface area contributed by atoms with E-state index in [0.717, 1.165) is 17.6 Å². The zero-order valence-corrected chi connectivity index (χ0v) is 13.4. The van der Waals surface area contributed by atoms with Crippen LogP contribution in [0.5, 0.6) is 0 Å². The molecule has 0 saturated heterocycles. The molecule has 2 heteroatoms. The van der Waals surface area contributed by atoms with E-state index in [9.17, 15) is 9.90 Å². The average Bonchev–Trinajstić information content (AvgIpc) is 2.57. The first kappa shape index (κ1) is 16.0. The SMILES string of the molecule is CC.CC1=C(C(=O)O)CCc2c1cccc2-c1ccccc1. The monoisotopic (exact) mass is 294 g/mol. The first-order valence-electron chi connectivity index (χ1n) is 7.79. The number of carboxylic acid groups (broad SMARTS) is 1. The largest absolute Gasteiger partial charge is 0.478 e. The summed E-state index contributed by atoms with van der Waals surface area (Å²) in [4.78, 5) is 11.3. The van der Waals surface area contributed by atoms with E-state index in [1.807, 2.05) is 51.1 Å². The van der Waals surface area contributed by atoms with Crippen molar-refractivity contribution in [3.8, 4) is 11.1 Å². The Hall–Kier alpha value is -2.35. The fourth-order valence-electron chi connectivity index (χ4n) is 2.96. The van der Waals surface area contributed by atoms with Crippen LogP contribution in [-0.4, -0.2) is 11.1 Å². The number of carboxylic acids is 1. The average molecular weight is 294 g/mol. The molecule has 2 aromatic rings. The minimum Gasteiger partial charge on any atom is -0.478 e. The summed E-state index contributed by atoms with van der Waals surface area (Å²) in [5.41, 5.74) is 6.19. The van der Waals surface area contributed by atoms with E-state index in [0.29, 0.717) is 12.0 Å². The molecule has 0 fully saturated rings. The summed E-state index contributed by atoms with van der Waals surface area (Å²) in [5.74, 6) is -0.793. The molecule has 0 aromatic heterocycles. The van der Waals surface area contributed by atoms with E-state index >= 15 is 0 Å². The van der Waals surface area contributed by atoms with Crippen molar-refractivity contribution in [3.05, 3.63) is 65.2 Å². The highest BCUT2D eigenvalue weighted by Gasteiger charge is 2.22. The van der Waals surface area contributed by atoms with Crippen LogP contribution in [0.2, 0.25) is 0 Å². The number of fused-ring (bicyclic) bond motifs is 1. The van der Waals surface area contributed by atoms with Crippen molar-refractivity contribution in [1.29, 1.82) is 0 Å². The van der Waals surface area contributed by atoms with Gasteiger partial charge in [-0.2, -0.15) is 0 Å². The van der Waals surface area contributed by atoms with Gasteiger partial charge < -0.3 is 5.11 Å². The Bertz CT molecular complexity index is 697. The first-order chi connectivity index (χ1) is 10.7. The summed E-state index contributed by atoms with van der Waals surface area (Å²) in [5, 5.41) is 9.26. The van der Waals surface area contributed by atoms with Crippen molar-refractivity contribution in [3.63, 3.8) is 0 Å². The molecular weight excluding hydrogens is 272 g/mol. The van der Waals surface area contributed by atoms with Gasteiger partial charge in [0.15, 0.2) is 0 Å². The highest BCUT2D eigenvalue weighted by molar-refractivity contribution is 5.98. The second-order valence-corrected chi connectivity index (χ2v) is 5.11. The van der Waals surface area contributed by atoms with Gasteiger partial charge in [0.1, 0.15) is 0 Å². The highest BCUT2D eigenvalue weighted by atomic mass is 16.4. The number of aliphatic carboxylic acids is 1. The third-order valence-corrected chi connectivity index (χ3v) is 4.00. The second kappa shape index (κ2) is 7.08. The van der Waals surface area contributed by atoms with Gasteiger partial charge in [0.05, 0.1) is 0 Å². The molecule has 0 bridgehead atoms. The van der Waals surface area contributed by atoms with Crippen LogP contribution in [0.1, 0.15) is 38.3 Å². The molecule has 0 atom stereocenters. The van der Waals surface area contributed by atoms with Gasteiger partial charge in [-0.1, -0.05) is 62.4 Å². The quantitative estimate of drug-likeness (QED) is 0.828. The van der Waals surface area contributed by atoms with E-state index in [4.69, 9.17) is 0 Å². The molecule has 1 N–H and O–H groups in total. The van der Waals surface area contributed by atoms with Gasteiger partial charge in [-0.3, -0.25) is 0 Å². The van der Waals surface area contributed by atoms with E-state index in [-0.39, 0.29) is 0 Å². The molecule has 3 rings (SSSR count). The van der Waals surface area contributed by atoms with Crippen LogP contribution < -0.4 is 0 Å². The molecule has 22 heavy (non-hydrogen) atoms. The van der Waals surface area contributed by atoms with Crippen LogP contribution in [0.15, 0.2) is 54.1 Å². The maximum atomic E-state index is 11.3. The summed E-state index contributed by atoms with van der Waals surface area (Å²) in [7, 11) is 0. The molecular formula is C20H22O2. The lowest BCUT2D eigenvalue weighted by Gasteiger charge is -2.22. The van der Waals surface area contributed by atoms with Gasteiger partial charge >= 0.3 is 5.97 Å². The van der Waals surface area contributed by atoms with Crippen molar-refractivity contribution in [2.75, 3.05) is 0 Å². The Morgan fingerprint density at radius 3 is 2.18 bits per heavy atom. The fourth-order valence-corrected chi connectivity index (χ4v) is 2.96. The zero-order valence-electron chi connectivity index (χ0n) is 13.4. The molecule has 0 spiro atoms. The molecule has 2 nitrogen and oxygen atoms in total. The van der Waals surface area contributed by atoms with Gasteiger partial charge in [-0.25, -0.2) is 4.79 Å². The Labute approximate surface area is 132 Å². The van der Waals surface area contributed by atoms with Crippen molar-refractivity contribution in [2.45, 2.75) is 33.6 Å². The normalized spacial score (nSPS) is 13.0. The third kappa shape index (κ3) is 2.96. The van der Waals surface area contributed by atoms with Crippen LogP contribution in [0.4, 0.5) is 0 Å². The molecule has 0 radical (unpaired) electrons. The van der Waals surface area contributed by atoms with Crippen LogP contribution in [0, 0.1) is 0 Å². The summed E-state index contributed by atoms with van der Waals surface area (Å²) in [6, 6.07) is 16.4. The number of rotatable bonds is 2. The van der Waals surface area contributed by atoms with E-state index in [2.05, 4.69) is 18.2 Å². The first-order valence-corrected chi connectivity index (χ1v) is 7.79. The standard InChI is InChI=1S/C18H16O2.C2H6/c1-12-14-8-5-9-16(13-6-3-2-4-7-13)17(14)11-10-15(12)18(19)20;1-2/h2-9H,10-11H2,1H3,(H,19,20);1-2H3. The van der Waals surface area contributed by atoms with Gasteiger partial charge in [-0.15, -0.1) is 0 Å². The topological polar surface area (TPSA) is 37.3 Å². The number of carbonyl (C=O) groups is 1. The maximum Gasteiger partial charge on any atom is 0.331 e. The van der Waals surface area contributed by atoms with E-state index in [1.165, 1.54) is 16.7 Å². The summed E-state index contributed by atoms with van der Waals surface area (Å²) in [6.45, 7) is 5.91. The Morgan fingerprint density at radius 2 is 1.55 bits per heavy atom.